The summed E-state index contributed by atoms with van der Waals surface area (Å²) in [7, 11) is 0. The number of nitrogens with zero attached hydrogens (tertiary/aromatic N) is 2. The van der Waals surface area contributed by atoms with E-state index in [1.54, 1.807) is 0 Å². The van der Waals surface area contributed by atoms with E-state index in [2.05, 4.69) is 17.0 Å². The highest BCUT2D eigenvalue weighted by atomic mass is 16.7. The summed E-state index contributed by atoms with van der Waals surface area (Å²) in [5.74, 6) is 0.536. The van der Waals surface area contributed by atoms with E-state index in [1.807, 2.05) is 0 Å². The largest absolute Gasteiger partial charge is 0.386 e. The first-order valence-corrected chi connectivity index (χ1v) is 10.4. The first-order chi connectivity index (χ1) is 12.7. The Labute approximate surface area is 156 Å². The van der Waals surface area contributed by atoms with E-state index in [-0.39, 0.29) is 18.3 Å². The molecule has 3 aliphatic carbocycles. The lowest BCUT2D eigenvalue weighted by Gasteiger charge is -2.36. The maximum Gasteiger partial charge on any atom is 0.263 e. The second-order valence-electron chi connectivity index (χ2n) is 8.48. The third kappa shape index (κ3) is 4.22. The number of rotatable bonds is 5. The van der Waals surface area contributed by atoms with Gasteiger partial charge >= 0.3 is 0 Å². The van der Waals surface area contributed by atoms with Crippen molar-refractivity contribution in [1.82, 2.24) is 4.90 Å². The van der Waals surface area contributed by atoms with Gasteiger partial charge in [0.2, 0.25) is 0 Å². The number of hydrogen-bond acceptors (Lipinski definition) is 5. The fourth-order valence-electron chi connectivity index (χ4n) is 4.63. The van der Waals surface area contributed by atoms with E-state index < -0.39 is 0 Å². The van der Waals surface area contributed by atoms with Crippen LogP contribution in [0.25, 0.3) is 0 Å². The van der Waals surface area contributed by atoms with E-state index in [0.29, 0.717) is 25.3 Å². The van der Waals surface area contributed by atoms with Crippen LogP contribution in [0.15, 0.2) is 5.16 Å². The molecule has 0 N–H and O–H groups in total. The van der Waals surface area contributed by atoms with Gasteiger partial charge in [-0.15, -0.1) is 0 Å². The molecule has 26 heavy (non-hydrogen) atoms. The van der Waals surface area contributed by atoms with Crippen LogP contribution in [-0.2, 0) is 19.1 Å². The maximum absolute atomic E-state index is 12.7. The zero-order chi connectivity index (χ0) is 18.0. The molecular formula is C20H32N2O4. The van der Waals surface area contributed by atoms with Gasteiger partial charge in [-0.2, -0.15) is 0 Å². The summed E-state index contributed by atoms with van der Waals surface area (Å²) >= 11 is 0. The summed E-state index contributed by atoms with van der Waals surface area (Å²) in [5, 5.41) is 4.26. The van der Waals surface area contributed by atoms with E-state index in [9.17, 15) is 4.79 Å². The predicted molar refractivity (Wildman–Crippen MR) is 97.8 cm³/mol. The minimum absolute atomic E-state index is 0.0736. The van der Waals surface area contributed by atoms with Crippen LogP contribution in [-0.4, -0.2) is 54.2 Å². The van der Waals surface area contributed by atoms with Gasteiger partial charge in [-0.05, 0) is 57.3 Å². The lowest BCUT2D eigenvalue weighted by Crippen LogP contribution is -2.45. The number of carbonyl (C=O) groups excluding carboxylic acids is 1. The summed E-state index contributed by atoms with van der Waals surface area (Å²) in [6, 6.07) is 0.858. The second kappa shape index (κ2) is 7.85. The maximum atomic E-state index is 12.7. The van der Waals surface area contributed by atoms with Crippen LogP contribution in [0.4, 0.5) is 0 Å². The first-order valence-electron chi connectivity index (χ1n) is 10.4. The van der Waals surface area contributed by atoms with Crippen LogP contribution in [0.2, 0.25) is 0 Å². The van der Waals surface area contributed by atoms with Crippen molar-refractivity contribution in [2.45, 2.75) is 89.0 Å². The standard InChI is InChI=1S/C20H32N2O4/c1-15-2-4-17(5-3-15)22(18-6-7-18)19(23)14-26-21-16-8-10-20(11-9-16)24-12-13-25-20/h15,17-18H,2-14H2,1H3. The zero-order valence-electron chi connectivity index (χ0n) is 16.0. The summed E-state index contributed by atoms with van der Waals surface area (Å²) < 4.78 is 11.5. The van der Waals surface area contributed by atoms with E-state index in [0.717, 1.165) is 63.0 Å². The fourth-order valence-corrected chi connectivity index (χ4v) is 4.63. The van der Waals surface area contributed by atoms with Crippen molar-refractivity contribution in [1.29, 1.82) is 0 Å². The molecule has 1 spiro atoms. The SMILES string of the molecule is CC1CCC(N(C(=O)CON=C2CCC3(CC2)OCCO3)C2CC2)CC1. The monoisotopic (exact) mass is 364 g/mol. The molecule has 4 rings (SSSR count). The molecule has 4 aliphatic rings. The minimum atomic E-state index is -0.379. The van der Waals surface area contributed by atoms with Gasteiger partial charge in [0.05, 0.1) is 18.9 Å². The van der Waals surface area contributed by atoms with Crippen molar-refractivity contribution in [3.63, 3.8) is 0 Å². The van der Waals surface area contributed by atoms with Crippen molar-refractivity contribution in [2.75, 3.05) is 19.8 Å². The van der Waals surface area contributed by atoms with Gasteiger partial charge in [0.1, 0.15) is 0 Å². The average molecular weight is 364 g/mol. The molecule has 1 amide bonds. The van der Waals surface area contributed by atoms with Crippen molar-refractivity contribution >= 4 is 11.6 Å². The molecule has 1 heterocycles. The van der Waals surface area contributed by atoms with Crippen molar-refractivity contribution in [2.24, 2.45) is 11.1 Å². The van der Waals surface area contributed by atoms with Gasteiger partial charge in [0.15, 0.2) is 12.4 Å². The van der Waals surface area contributed by atoms with E-state index >= 15 is 0 Å². The van der Waals surface area contributed by atoms with Crippen LogP contribution in [0.3, 0.4) is 0 Å². The molecule has 0 aromatic carbocycles. The van der Waals surface area contributed by atoms with Crippen LogP contribution in [0, 0.1) is 5.92 Å². The molecule has 6 heteroatoms. The van der Waals surface area contributed by atoms with Crippen molar-refractivity contribution in [3.05, 3.63) is 0 Å². The topological polar surface area (TPSA) is 60.4 Å². The molecule has 1 aliphatic heterocycles. The molecule has 0 unspecified atom stereocenters. The Bertz CT molecular complexity index is 520. The van der Waals surface area contributed by atoms with Crippen LogP contribution < -0.4 is 0 Å². The Morgan fingerprint density at radius 1 is 1.08 bits per heavy atom. The third-order valence-corrected chi connectivity index (χ3v) is 6.39. The third-order valence-electron chi connectivity index (χ3n) is 6.39. The minimum Gasteiger partial charge on any atom is -0.386 e. The highest BCUT2D eigenvalue weighted by Crippen LogP contribution is 2.36. The Morgan fingerprint density at radius 3 is 2.23 bits per heavy atom. The molecule has 6 nitrogen and oxygen atoms in total. The van der Waals surface area contributed by atoms with Crippen LogP contribution >= 0.6 is 0 Å². The molecule has 146 valence electrons. The van der Waals surface area contributed by atoms with E-state index in [4.69, 9.17) is 14.3 Å². The molecule has 0 radical (unpaired) electrons. The van der Waals surface area contributed by atoms with Crippen LogP contribution in [0.1, 0.15) is 71.1 Å². The van der Waals surface area contributed by atoms with Gasteiger partial charge in [0.25, 0.3) is 5.91 Å². The van der Waals surface area contributed by atoms with Crippen molar-refractivity contribution in [3.8, 4) is 0 Å². The number of carbonyl (C=O) groups is 1. The Balaban J connectivity index is 1.25. The Hall–Kier alpha value is -1.14. The summed E-state index contributed by atoms with van der Waals surface area (Å²) in [6.07, 6.45) is 10.3. The predicted octanol–water partition coefficient (Wildman–Crippen LogP) is 3.25. The molecule has 4 fully saturated rings. The van der Waals surface area contributed by atoms with Gasteiger partial charge in [-0.25, -0.2) is 0 Å². The van der Waals surface area contributed by atoms with Crippen molar-refractivity contribution < 1.29 is 19.1 Å². The van der Waals surface area contributed by atoms with Gasteiger partial charge in [-0.1, -0.05) is 12.1 Å². The lowest BCUT2D eigenvalue weighted by atomic mass is 9.86. The van der Waals surface area contributed by atoms with E-state index in [1.165, 1.54) is 12.8 Å². The molecular weight excluding hydrogens is 332 g/mol. The number of oxime groups is 1. The summed E-state index contributed by atoms with van der Waals surface area (Å²) in [4.78, 5) is 20.3. The molecule has 0 aromatic heterocycles. The van der Waals surface area contributed by atoms with Gasteiger partial charge in [-0.3, -0.25) is 4.79 Å². The van der Waals surface area contributed by atoms with Crippen LogP contribution in [0.5, 0.6) is 0 Å². The van der Waals surface area contributed by atoms with Gasteiger partial charge in [0, 0.05) is 24.9 Å². The zero-order valence-corrected chi connectivity index (χ0v) is 16.0. The highest BCUT2D eigenvalue weighted by molar-refractivity contribution is 5.85. The molecule has 0 bridgehead atoms. The Morgan fingerprint density at radius 2 is 1.65 bits per heavy atom. The second-order valence-corrected chi connectivity index (χ2v) is 8.48. The quantitative estimate of drug-likeness (QED) is 0.703. The lowest BCUT2D eigenvalue weighted by molar-refractivity contribution is -0.168. The normalized spacial score (nSPS) is 31.0. The fraction of sp³-hybridized carbons (Fsp3) is 0.900. The number of ether oxygens (including phenoxy) is 2. The number of amides is 1. The molecule has 0 aromatic rings. The highest BCUT2D eigenvalue weighted by Gasteiger charge is 2.40. The average Bonchev–Trinajstić information content (AvgIpc) is 3.38. The summed E-state index contributed by atoms with van der Waals surface area (Å²) in [6.45, 7) is 3.77. The number of hydrogen-bond donors (Lipinski definition) is 0. The molecule has 0 atom stereocenters. The smallest absolute Gasteiger partial charge is 0.263 e. The first kappa shape index (κ1) is 18.2. The summed E-state index contributed by atoms with van der Waals surface area (Å²) in [5.41, 5.74) is 1.02. The molecule has 1 saturated heterocycles. The Kier molecular flexibility index (Phi) is 5.50. The van der Waals surface area contributed by atoms with Gasteiger partial charge < -0.3 is 19.2 Å². The molecule has 3 saturated carbocycles.